The van der Waals surface area contributed by atoms with Crippen LogP contribution in [0.4, 0.5) is 4.79 Å². The highest BCUT2D eigenvalue weighted by atomic mass is 16.2. The Morgan fingerprint density at radius 2 is 1.94 bits per heavy atom. The number of imidazole rings is 1. The average Bonchev–Trinajstić information content (AvgIpc) is 3.51. The molecule has 2 aromatic heterocycles. The third kappa shape index (κ3) is 3.30. The molecule has 9 nitrogen and oxygen atoms in total. The van der Waals surface area contributed by atoms with Crippen molar-refractivity contribution in [3.63, 3.8) is 0 Å². The van der Waals surface area contributed by atoms with E-state index in [1.165, 1.54) is 0 Å². The van der Waals surface area contributed by atoms with Crippen LogP contribution in [-0.4, -0.2) is 48.9 Å². The Morgan fingerprint density at radius 1 is 1.16 bits per heavy atom. The molecule has 2 N–H and O–H groups in total. The maximum Gasteiger partial charge on any atom is 0.325 e. The Bertz CT molecular complexity index is 1200. The van der Waals surface area contributed by atoms with Crippen LogP contribution in [0.2, 0.25) is 0 Å². The molecular formula is C23H24N6O3. The number of imide groups is 1. The number of rotatable bonds is 5. The summed E-state index contributed by atoms with van der Waals surface area (Å²) in [6.45, 7) is 1.82. The van der Waals surface area contributed by atoms with E-state index >= 15 is 0 Å². The van der Waals surface area contributed by atoms with Crippen LogP contribution in [0.3, 0.4) is 0 Å². The van der Waals surface area contributed by atoms with Gasteiger partial charge in [-0.15, -0.1) is 0 Å². The average molecular weight is 432 g/mol. The van der Waals surface area contributed by atoms with E-state index < -0.39 is 17.6 Å². The van der Waals surface area contributed by atoms with Crippen LogP contribution in [0, 0.1) is 0 Å². The number of benzene rings is 1. The Balaban J connectivity index is 1.23. The van der Waals surface area contributed by atoms with Gasteiger partial charge in [-0.1, -0.05) is 31.0 Å². The molecule has 1 spiro atoms. The van der Waals surface area contributed by atoms with E-state index in [4.69, 9.17) is 0 Å². The lowest BCUT2D eigenvalue weighted by atomic mass is 9.97. The molecule has 5 rings (SSSR count). The number of nitrogens with zero attached hydrogens (tertiary/aromatic N) is 4. The molecule has 4 amide bonds. The van der Waals surface area contributed by atoms with E-state index in [1.807, 2.05) is 41.0 Å². The maximum absolute atomic E-state index is 12.8. The maximum atomic E-state index is 12.8. The zero-order valence-electron chi connectivity index (χ0n) is 17.7. The van der Waals surface area contributed by atoms with Crippen LogP contribution in [0.1, 0.15) is 38.2 Å². The zero-order valence-corrected chi connectivity index (χ0v) is 17.7. The summed E-state index contributed by atoms with van der Waals surface area (Å²) in [6.07, 6.45) is 6.48. The second-order valence-corrected chi connectivity index (χ2v) is 8.42. The number of hydrogen-bond donors (Lipinski definition) is 2. The smallest absolute Gasteiger partial charge is 0.325 e. The van der Waals surface area contributed by atoms with Crippen molar-refractivity contribution in [3.05, 3.63) is 54.5 Å². The summed E-state index contributed by atoms with van der Waals surface area (Å²) in [5, 5.41) is 5.62. The van der Waals surface area contributed by atoms with Crippen LogP contribution < -0.4 is 10.6 Å². The summed E-state index contributed by atoms with van der Waals surface area (Å²) < 4.78 is 1.90. The number of urea groups is 1. The highest BCUT2D eigenvalue weighted by Crippen LogP contribution is 2.35. The quantitative estimate of drug-likeness (QED) is 0.601. The van der Waals surface area contributed by atoms with Gasteiger partial charge in [0.15, 0.2) is 0 Å². The molecule has 1 saturated carbocycles. The van der Waals surface area contributed by atoms with Gasteiger partial charge < -0.3 is 10.6 Å². The highest BCUT2D eigenvalue weighted by molar-refractivity contribution is 6.09. The summed E-state index contributed by atoms with van der Waals surface area (Å²) in [5.41, 5.74) is 1.84. The van der Waals surface area contributed by atoms with Gasteiger partial charge in [0.2, 0.25) is 5.91 Å². The number of carbonyl (C=O) groups excluding carboxylic acids is 3. The summed E-state index contributed by atoms with van der Waals surface area (Å²) in [5.74, 6) is 0.0535. The first-order valence-electron chi connectivity index (χ1n) is 10.8. The Labute approximate surface area is 184 Å². The third-order valence-electron chi connectivity index (χ3n) is 6.39. The number of hydrogen-bond acceptors (Lipinski definition) is 5. The van der Waals surface area contributed by atoms with Crippen molar-refractivity contribution in [2.24, 2.45) is 0 Å². The normalized spacial score (nSPS) is 18.3. The standard InChI is InChI=1S/C23H24N6O3/c1-15(29-21(31)23(27-22(29)32)10-4-5-11-23)20(30)25-13-16-8-9-19(24-12-16)28-14-26-17-6-2-3-7-18(17)28/h2-3,6-9,12,14-15H,4-5,10-11,13H2,1H3,(H,25,30)(H,27,32). The van der Waals surface area contributed by atoms with Crippen molar-refractivity contribution in [2.75, 3.05) is 0 Å². The molecule has 9 heteroatoms. The number of para-hydroxylation sites is 2. The zero-order chi connectivity index (χ0) is 22.3. The number of carbonyl (C=O) groups is 3. The van der Waals surface area contributed by atoms with E-state index in [0.717, 1.165) is 40.2 Å². The van der Waals surface area contributed by atoms with Crippen molar-refractivity contribution in [2.45, 2.75) is 50.7 Å². The van der Waals surface area contributed by atoms with E-state index in [9.17, 15) is 14.4 Å². The minimum Gasteiger partial charge on any atom is -0.350 e. The van der Waals surface area contributed by atoms with Gasteiger partial charge >= 0.3 is 6.03 Å². The molecule has 0 radical (unpaired) electrons. The number of pyridine rings is 1. The number of aromatic nitrogens is 3. The summed E-state index contributed by atoms with van der Waals surface area (Å²) >= 11 is 0. The number of nitrogens with one attached hydrogen (secondary N) is 2. The predicted octanol–water partition coefficient (Wildman–Crippen LogP) is 2.29. The minimum atomic E-state index is -0.882. The van der Waals surface area contributed by atoms with Gasteiger partial charge in [-0.3, -0.25) is 14.2 Å². The Kier molecular flexibility index (Phi) is 4.88. The molecule has 164 valence electrons. The molecule has 32 heavy (non-hydrogen) atoms. The fourth-order valence-corrected chi connectivity index (χ4v) is 4.57. The van der Waals surface area contributed by atoms with Crippen LogP contribution in [0.15, 0.2) is 48.9 Å². The topological polar surface area (TPSA) is 109 Å². The predicted molar refractivity (Wildman–Crippen MR) is 117 cm³/mol. The first-order valence-corrected chi connectivity index (χ1v) is 10.8. The van der Waals surface area contributed by atoms with Crippen molar-refractivity contribution in [1.29, 1.82) is 0 Å². The lowest BCUT2D eigenvalue weighted by Gasteiger charge is -2.23. The lowest BCUT2D eigenvalue weighted by Crippen LogP contribution is -2.49. The van der Waals surface area contributed by atoms with E-state index in [-0.39, 0.29) is 18.4 Å². The van der Waals surface area contributed by atoms with E-state index in [0.29, 0.717) is 12.8 Å². The van der Waals surface area contributed by atoms with Crippen molar-refractivity contribution in [1.82, 2.24) is 30.1 Å². The second-order valence-electron chi connectivity index (χ2n) is 8.42. The van der Waals surface area contributed by atoms with Gasteiger partial charge in [-0.05, 0) is 43.5 Å². The Morgan fingerprint density at radius 3 is 2.69 bits per heavy atom. The molecule has 2 aliphatic rings. The van der Waals surface area contributed by atoms with Crippen LogP contribution in [0.5, 0.6) is 0 Å². The fraction of sp³-hybridized carbons (Fsp3) is 0.348. The van der Waals surface area contributed by atoms with Gasteiger partial charge in [-0.2, -0.15) is 0 Å². The molecular weight excluding hydrogens is 408 g/mol. The van der Waals surface area contributed by atoms with Crippen molar-refractivity contribution in [3.8, 4) is 5.82 Å². The summed E-state index contributed by atoms with van der Waals surface area (Å²) in [6, 6.07) is 10.2. The van der Waals surface area contributed by atoms with Gasteiger partial charge in [0.05, 0.1) is 11.0 Å². The van der Waals surface area contributed by atoms with Gasteiger partial charge in [0.25, 0.3) is 5.91 Å². The molecule has 3 heterocycles. The number of amides is 4. The van der Waals surface area contributed by atoms with Crippen molar-refractivity contribution >= 4 is 28.9 Å². The summed E-state index contributed by atoms with van der Waals surface area (Å²) in [7, 11) is 0. The van der Waals surface area contributed by atoms with Crippen LogP contribution >= 0.6 is 0 Å². The van der Waals surface area contributed by atoms with Crippen LogP contribution in [-0.2, 0) is 16.1 Å². The molecule has 2 fully saturated rings. The van der Waals surface area contributed by atoms with Crippen molar-refractivity contribution < 1.29 is 14.4 Å². The monoisotopic (exact) mass is 432 g/mol. The summed E-state index contributed by atoms with van der Waals surface area (Å²) in [4.78, 5) is 47.9. The first-order chi connectivity index (χ1) is 15.5. The molecule has 1 aromatic carbocycles. The van der Waals surface area contributed by atoms with Gasteiger partial charge in [-0.25, -0.2) is 19.7 Å². The molecule has 1 saturated heterocycles. The van der Waals surface area contributed by atoms with Gasteiger partial charge in [0, 0.05) is 12.7 Å². The van der Waals surface area contributed by atoms with Gasteiger partial charge in [0.1, 0.15) is 23.7 Å². The third-order valence-corrected chi connectivity index (χ3v) is 6.39. The van der Waals surface area contributed by atoms with E-state index in [1.54, 1.807) is 19.4 Å². The van der Waals surface area contributed by atoms with Crippen LogP contribution in [0.25, 0.3) is 16.9 Å². The molecule has 0 bridgehead atoms. The largest absolute Gasteiger partial charge is 0.350 e. The SMILES string of the molecule is CC(C(=O)NCc1ccc(-n2cnc3ccccc32)nc1)N1C(=O)NC2(CCCC2)C1=O. The molecule has 1 aliphatic heterocycles. The first kappa shape index (κ1) is 20.2. The number of fused-ring (bicyclic) bond motifs is 1. The highest BCUT2D eigenvalue weighted by Gasteiger charge is 2.54. The molecule has 1 aliphatic carbocycles. The fourth-order valence-electron chi connectivity index (χ4n) is 4.57. The minimum absolute atomic E-state index is 0.246. The molecule has 1 unspecified atom stereocenters. The lowest BCUT2D eigenvalue weighted by molar-refractivity contribution is -0.137. The molecule has 3 aromatic rings. The van der Waals surface area contributed by atoms with E-state index in [2.05, 4.69) is 20.6 Å². The Hall–Kier alpha value is -3.75. The second kappa shape index (κ2) is 7.74. The molecule has 1 atom stereocenters.